The number of hydrogen-bond acceptors (Lipinski definition) is 5. The average Bonchev–Trinajstić information content (AvgIpc) is 2.84. The lowest BCUT2D eigenvalue weighted by molar-refractivity contribution is 0.435. The lowest BCUT2D eigenvalue weighted by atomic mass is 10.2. The lowest BCUT2D eigenvalue weighted by Gasteiger charge is -2.21. The largest absolute Gasteiger partial charge is 0.442 e. The molecule has 2 aromatic heterocycles. The van der Waals surface area contributed by atoms with Crippen LogP contribution in [-0.2, 0) is 6.54 Å². The van der Waals surface area contributed by atoms with E-state index in [1.54, 1.807) is 6.26 Å². The maximum Gasteiger partial charge on any atom is 0.265 e. The summed E-state index contributed by atoms with van der Waals surface area (Å²) in [6, 6.07) is 0.228. The van der Waals surface area contributed by atoms with E-state index in [1.165, 1.54) is 0 Å². The second-order valence-corrected chi connectivity index (χ2v) is 4.00. The minimum Gasteiger partial charge on any atom is -0.442 e. The number of aryl methyl sites for hydroxylation is 1. The van der Waals surface area contributed by atoms with Crippen LogP contribution in [0.15, 0.2) is 10.7 Å². The maximum absolute atomic E-state index is 5.36. The highest BCUT2D eigenvalue weighted by Gasteiger charge is 2.23. The van der Waals surface area contributed by atoms with E-state index < -0.39 is 0 Å². The molecule has 1 unspecified atom stereocenters. The number of nitrogens with zero attached hydrogens (tertiary/aromatic N) is 4. The van der Waals surface area contributed by atoms with Gasteiger partial charge in [0.25, 0.3) is 5.89 Å². The van der Waals surface area contributed by atoms with Crippen LogP contribution in [0.25, 0.3) is 11.7 Å². The Balaban J connectivity index is 2.09. The molecule has 0 amide bonds. The predicted octanol–water partition coefficient (Wildman–Crippen LogP) is 0.906. The summed E-state index contributed by atoms with van der Waals surface area (Å²) in [6.45, 7) is 5.73. The van der Waals surface area contributed by atoms with Gasteiger partial charge in [-0.3, -0.25) is 0 Å². The molecule has 3 heterocycles. The topological polar surface area (TPSA) is 68.8 Å². The Hall–Kier alpha value is -1.69. The van der Waals surface area contributed by atoms with E-state index in [4.69, 9.17) is 4.42 Å². The molecule has 84 valence electrons. The molecule has 16 heavy (non-hydrogen) atoms. The second-order valence-electron chi connectivity index (χ2n) is 4.00. The first kappa shape index (κ1) is 9.53. The molecule has 0 fully saturated rings. The van der Waals surface area contributed by atoms with Crippen LogP contribution in [0, 0.1) is 6.92 Å². The van der Waals surface area contributed by atoms with Gasteiger partial charge in [0.05, 0.1) is 11.7 Å². The molecule has 0 radical (unpaired) electrons. The summed E-state index contributed by atoms with van der Waals surface area (Å²) < 4.78 is 7.42. The van der Waals surface area contributed by atoms with Gasteiger partial charge >= 0.3 is 0 Å². The van der Waals surface area contributed by atoms with Crippen LogP contribution in [0.5, 0.6) is 0 Å². The first-order valence-electron chi connectivity index (χ1n) is 5.34. The van der Waals surface area contributed by atoms with Gasteiger partial charge in [-0.2, -0.15) is 0 Å². The van der Waals surface area contributed by atoms with Crippen LogP contribution < -0.4 is 5.32 Å². The summed E-state index contributed by atoms with van der Waals surface area (Å²) in [7, 11) is 0. The molecule has 2 aromatic rings. The van der Waals surface area contributed by atoms with Crippen molar-refractivity contribution in [1.29, 1.82) is 0 Å². The van der Waals surface area contributed by atoms with Crippen molar-refractivity contribution in [2.75, 3.05) is 6.54 Å². The minimum atomic E-state index is 0.228. The van der Waals surface area contributed by atoms with Crippen LogP contribution in [-0.4, -0.2) is 26.3 Å². The first-order valence-corrected chi connectivity index (χ1v) is 5.34. The minimum absolute atomic E-state index is 0.228. The number of rotatable bonds is 1. The fourth-order valence-electron chi connectivity index (χ4n) is 1.95. The van der Waals surface area contributed by atoms with E-state index in [2.05, 4.69) is 32.0 Å². The van der Waals surface area contributed by atoms with Gasteiger partial charge in [0.2, 0.25) is 5.82 Å². The Morgan fingerprint density at radius 1 is 1.50 bits per heavy atom. The molecular weight excluding hydrogens is 206 g/mol. The highest BCUT2D eigenvalue weighted by atomic mass is 16.3. The van der Waals surface area contributed by atoms with Crippen molar-refractivity contribution in [3.05, 3.63) is 17.8 Å². The molecule has 6 heteroatoms. The summed E-state index contributed by atoms with van der Waals surface area (Å²) >= 11 is 0. The predicted molar refractivity (Wildman–Crippen MR) is 56.7 cm³/mol. The highest BCUT2D eigenvalue weighted by molar-refractivity contribution is 5.41. The average molecular weight is 219 g/mol. The zero-order valence-corrected chi connectivity index (χ0v) is 9.27. The van der Waals surface area contributed by atoms with Crippen molar-refractivity contribution >= 4 is 0 Å². The fourth-order valence-corrected chi connectivity index (χ4v) is 1.95. The number of nitrogens with one attached hydrogen (secondary N) is 1. The summed E-state index contributed by atoms with van der Waals surface area (Å²) in [5.74, 6) is 2.21. The standard InChI is InChI=1S/C10H13N5O/c1-6-5-16-10(12-6)9-14-13-8-7(2)11-3-4-15(8)9/h5,7,11H,3-4H2,1-2H3. The van der Waals surface area contributed by atoms with Gasteiger partial charge in [-0.05, 0) is 13.8 Å². The van der Waals surface area contributed by atoms with Crippen LogP contribution in [0.3, 0.4) is 0 Å². The monoisotopic (exact) mass is 219 g/mol. The lowest BCUT2D eigenvalue weighted by Crippen LogP contribution is -2.32. The van der Waals surface area contributed by atoms with E-state index >= 15 is 0 Å². The normalized spacial score (nSPS) is 19.8. The fraction of sp³-hybridized carbons (Fsp3) is 0.500. The molecule has 0 spiro atoms. The van der Waals surface area contributed by atoms with Crippen molar-refractivity contribution in [2.24, 2.45) is 0 Å². The summed E-state index contributed by atoms with van der Waals surface area (Å²) in [6.07, 6.45) is 1.63. The number of hydrogen-bond donors (Lipinski definition) is 1. The van der Waals surface area contributed by atoms with Gasteiger partial charge in [-0.1, -0.05) is 0 Å². The second kappa shape index (κ2) is 3.41. The summed E-state index contributed by atoms with van der Waals surface area (Å²) in [5, 5.41) is 11.7. The quantitative estimate of drug-likeness (QED) is 0.772. The summed E-state index contributed by atoms with van der Waals surface area (Å²) in [4.78, 5) is 4.28. The van der Waals surface area contributed by atoms with E-state index in [0.717, 1.165) is 30.4 Å². The van der Waals surface area contributed by atoms with Crippen molar-refractivity contribution in [3.8, 4) is 11.7 Å². The molecular formula is C10H13N5O. The van der Waals surface area contributed by atoms with E-state index in [1.807, 2.05) is 6.92 Å². The maximum atomic E-state index is 5.36. The SMILES string of the molecule is Cc1coc(-c2nnc3n2CCNC3C)n1. The van der Waals surface area contributed by atoms with Gasteiger partial charge < -0.3 is 14.3 Å². The van der Waals surface area contributed by atoms with Crippen molar-refractivity contribution in [3.63, 3.8) is 0 Å². The van der Waals surface area contributed by atoms with Crippen molar-refractivity contribution < 1.29 is 4.42 Å². The van der Waals surface area contributed by atoms with Crippen LogP contribution in [0.2, 0.25) is 0 Å². The molecule has 0 saturated carbocycles. The van der Waals surface area contributed by atoms with E-state index in [9.17, 15) is 0 Å². The molecule has 1 aliphatic rings. The molecule has 6 nitrogen and oxygen atoms in total. The van der Waals surface area contributed by atoms with Crippen LogP contribution in [0.1, 0.15) is 24.5 Å². The molecule has 0 aromatic carbocycles. The zero-order chi connectivity index (χ0) is 11.1. The number of oxazole rings is 1. The van der Waals surface area contributed by atoms with Gasteiger partial charge in [0, 0.05) is 13.1 Å². The van der Waals surface area contributed by atoms with Crippen LogP contribution in [0.4, 0.5) is 0 Å². The molecule has 1 atom stereocenters. The Kier molecular flexibility index (Phi) is 2.03. The van der Waals surface area contributed by atoms with Crippen LogP contribution >= 0.6 is 0 Å². The number of fused-ring (bicyclic) bond motifs is 1. The van der Waals surface area contributed by atoms with E-state index in [-0.39, 0.29) is 6.04 Å². The first-order chi connectivity index (χ1) is 7.75. The van der Waals surface area contributed by atoms with Gasteiger partial charge in [0.15, 0.2) is 0 Å². The summed E-state index contributed by atoms with van der Waals surface area (Å²) in [5.41, 5.74) is 0.856. The van der Waals surface area contributed by atoms with Gasteiger partial charge in [0.1, 0.15) is 12.1 Å². The van der Waals surface area contributed by atoms with Gasteiger partial charge in [-0.25, -0.2) is 4.98 Å². The number of aromatic nitrogens is 4. The Labute approximate surface area is 92.7 Å². The molecule has 0 bridgehead atoms. The molecule has 3 rings (SSSR count). The Bertz CT molecular complexity index is 515. The molecule has 0 saturated heterocycles. The van der Waals surface area contributed by atoms with Crippen molar-refractivity contribution in [2.45, 2.75) is 26.4 Å². The zero-order valence-electron chi connectivity index (χ0n) is 9.27. The Morgan fingerprint density at radius 3 is 3.12 bits per heavy atom. The highest BCUT2D eigenvalue weighted by Crippen LogP contribution is 2.22. The molecule has 1 N–H and O–H groups in total. The Morgan fingerprint density at radius 2 is 2.38 bits per heavy atom. The van der Waals surface area contributed by atoms with E-state index in [0.29, 0.717) is 5.89 Å². The van der Waals surface area contributed by atoms with Crippen molar-refractivity contribution in [1.82, 2.24) is 25.1 Å². The third-order valence-electron chi connectivity index (χ3n) is 2.76. The smallest absolute Gasteiger partial charge is 0.265 e. The molecule has 0 aliphatic carbocycles. The van der Waals surface area contributed by atoms with Gasteiger partial charge in [-0.15, -0.1) is 10.2 Å². The molecule has 1 aliphatic heterocycles. The third kappa shape index (κ3) is 1.34. The third-order valence-corrected chi connectivity index (χ3v) is 2.76.